The SMILES string of the molecule is CCCCN(C)C(=O)Oc1ccc2c(C=CC(=O)OC)c[nH]c2c1. The first-order valence-corrected chi connectivity index (χ1v) is 7.85. The number of benzene rings is 1. The molecular formula is C18H22N2O4. The first-order chi connectivity index (χ1) is 11.5. The summed E-state index contributed by atoms with van der Waals surface area (Å²) in [5.74, 6) is 0.0613. The lowest BCUT2D eigenvalue weighted by Crippen LogP contribution is -2.30. The molecule has 0 atom stereocenters. The molecular weight excluding hydrogens is 308 g/mol. The van der Waals surface area contributed by atoms with E-state index in [1.165, 1.54) is 13.2 Å². The van der Waals surface area contributed by atoms with Crippen LogP contribution in [0.3, 0.4) is 0 Å². The first kappa shape index (κ1) is 17.6. The van der Waals surface area contributed by atoms with Gasteiger partial charge in [0.25, 0.3) is 0 Å². The van der Waals surface area contributed by atoms with Crippen molar-refractivity contribution in [2.45, 2.75) is 19.8 Å². The number of carbonyl (C=O) groups excluding carboxylic acids is 2. The number of ether oxygens (including phenoxy) is 2. The summed E-state index contributed by atoms with van der Waals surface area (Å²) in [6.07, 6.45) is 6.41. The maximum atomic E-state index is 12.0. The molecule has 1 N–H and O–H groups in total. The lowest BCUT2D eigenvalue weighted by molar-refractivity contribution is -0.134. The molecule has 0 aliphatic carbocycles. The smallest absolute Gasteiger partial charge is 0.414 e. The molecule has 0 saturated carbocycles. The van der Waals surface area contributed by atoms with E-state index in [9.17, 15) is 9.59 Å². The van der Waals surface area contributed by atoms with Crippen molar-refractivity contribution in [3.8, 4) is 5.75 Å². The van der Waals surface area contributed by atoms with Crippen molar-refractivity contribution < 1.29 is 19.1 Å². The number of aromatic amines is 1. The summed E-state index contributed by atoms with van der Waals surface area (Å²) in [5, 5.41) is 0.925. The van der Waals surface area contributed by atoms with Gasteiger partial charge in [-0.15, -0.1) is 0 Å². The number of hydrogen-bond donors (Lipinski definition) is 1. The summed E-state index contributed by atoms with van der Waals surface area (Å²) in [5.41, 5.74) is 1.68. The first-order valence-electron chi connectivity index (χ1n) is 7.85. The van der Waals surface area contributed by atoms with E-state index in [2.05, 4.69) is 16.6 Å². The van der Waals surface area contributed by atoms with Crippen LogP contribution in [-0.4, -0.2) is 42.6 Å². The van der Waals surface area contributed by atoms with Crippen molar-refractivity contribution in [1.82, 2.24) is 9.88 Å². The number of hydrogen-bond acceptors (Lipinski definition) is 4. The molecule has 2 rings (SSSR count). The molecule has 2 aromatic rings. The largest absolute Gasteiger partial charge is 0.466 e. The number of amides is 1. The fraction of sp³-hybridized carbons (Fsp3) is 0.333. The number of esters is 1. The lowest BCUT2D eigenvalue weighted by Gasteiger charge is -2.16. The van der Waals surface area contributed by atoms with E-state index < -0.39 is 5.97 Å². The number of nitrogens with zero attached hydrogens (tertiary/aromatic N) is 1. The van der Waals surface area contributed by atoms with Crippen LogP contribution in [0, 0.1) is 0 Å². The molecule has 6 heteroatoms. The molecule has 1 aromatic heterocycles. The molecule has 24 heavy (non-hydrogen) atoms. The standard InChI is InChI=1S/C18H22N2O4/c1-4-5-10-20(2)18(22)24-14-7-8-15-13(6-9-17(21)23-3)12-19-16(15)11-14/h6-9,11-12,19H,4-5,10H2,1-3H3. The molecule has 0 unspecified atom stereocenters. The van der Waals surface area contributed by atoms with Gasteiger partial charge in [-0.05, 0) is 24.6 Å². The minimum atomic E-state index is -0.412. The monoisotopic (exact) mass is 330 g/mol. The Morgan fingerprint density at radius 3 is 2.83 bits per heavy atom. The van der Waals surface area contributed by atoms with E-state index in [0.29, 0.717) is 12.3 Å². The van der Waals surface area contributed by atoms with Crippen molar-refractivity contribution in [2.24, 2.45) is 0 Å². The maximum absolute atomic E-state index is 12.0. The molecule has 0 aliphatic heterocycles. The van der Waals surface area contributed by atoms with Gasteiger partial charge in [0.2, 0.25) is 0 Å². The quantitative estimate of drug-likeness (QED) is 0.649. The summed E-state index contributed by atoms with van der Waals surface area (Å²) in [6.45, 7) is 2.74. The van der Waals surface area contributed by atoms with E-state index >= 15 is 0 Å². The Kier molecular flexibility index (Phi) is 6.01. The van der Waals surface area contributed by atoms with E-state index in [4.69, 9.17) is 4.74 Å². The topological polar surface area (TPSA) is 71.6 Å². The molecule has 1 heterocycles. The molecule has 0 saturated heterocycles. The molecule has 128 valence electrons. The Morgan fingerprint density at radius 2 is 2.12 bits per heavy atom. The van der Waals surface area contributed by atoms with E-state index in [0.717, 1.165) is 29.3 Å². The maximum Gasteiger partial charge on any atom is 0.414 e. The Balaban J connectivity index is 2.11. The summed E-state index contributed by atoms with van der Waals surface area (Å²) in [6, 6.07) is 5.34. The van der Waals surface area contributed by atoms with Gasteiger partial charge in [0.1, 0.15) is 5.75 Å². The highest BCUT2D eigenvalue weighted by Gasteiger charge is 2.11. The number of rotatable bonds is 6. The zero-order valence-corrected chi connectivity index (χ0v) is 14.2. The zero-order chi connectivity index (χ0) is 17.5. The average Bonchev–Trinajstić information content (AvgIpc) is 2.99. The Labute approximate surface area is 141 Å². The highest BCUT2D eigenvalue weighted by molar-refractivity contribution is 5.94. The normalized spacial score (nSPS) is 11.0. The van der Waals surface area contributed by atoms with Crippen molar-refractivity contribution in [2.75, 3.05) is 20.7 Å². The van der Waals surface area contributed by atoms with Crippen LogP contribution in [0.4, 0.5) is 4.79 Å². The van der Waals surface area contributed by atoms with Gasteiger partial charge in [-0.3, -0.25) is 0 Å². The molecule has 0 bridgehead atoms. The molecule has 0 aliphatic rings. The highest BCUT2D eigenvalue weighted by Crippen LogP contribution is 2.24. The Bertz CT molecular complexity index is 749. The molecule has 1 amide bonds. The van der Waals surface area contributed by atoms with Crippen LogP contribution in [0.25, 0.3) is 17.0 Å². The molecule has 0 fully saturated rings. The number of fused-ring (bicyclic) bond motifs is 1. The van der Waals surface area contributed by atoms with Crippen LogP contribution in [0.5, 0.6) is 5.75 Å². The third-order valence-corrected chi connectivity index (χ3v) is 3.65. The van der Waals surface area contributed by atoms with Crippen molar-refractivity contribution in [3.05, 3.63) is 36.0 Å². The van der Waals surface area contributed by atoms with Crippen LogP contribution >= 0.6 is 0 Å². The number of nitrogens with one attached hydrogen (secondary N) is 1. The van der Waals surface area contributed by atoms with Gasteiger partial charge in [0, 0.05) is 48.4 Å². The summed E-state index contributed by atoms with van der Waals surface area (Å²) in [4.78, 5) is 27.8. The lowest BCUT2D eigenvalue weighted by atomic mass is 10.1. The third kappa shape index (κ3) is 4.38. The van der Waals surface area contributed by atoms with E-state index in [1.807, 2.05) is 6.07 Å². The van der Waals surface area contributed by atoms with Crippen molar-refractivity contribution in [1.29, 1.82) is 0 Å². The zero-order valence-electron chi connectivity index (χ0n) is 14.2. The predicted molar refractivity (Wildman–Crippen MR) is 92.9 cm³/mol. The fourth-order valence-corrected chi connectivity index (χ4v) is 2.22. The Morgan fingerprint density at radius 1 is 1.33 bits per heavy atom. The molecule has 1 aromatic carbocycles. The number of unbranched alkanes of at least 4 members (excludes halogenated alkanes) is 1. The molecule has 0 radical (unpaired) electrons. The van der Waals surface area contributed by atoms with E-state index in [-0.39, 0.29) is 6.09 Å². The van der Waals surface area contributed by atoms with Gasteiger partial charge in [0.05, 0.1) is 7.11 Å². The van der Waals surface area contributed by atoms with Crippen LogP contribution in [0.15, 0.2) is 30.5 Å². The highest BCUT2D eigenvalue weighted by atomic mass is 16.6. The second kappa shape index (κ2) is 8.19. The fourth-order valence-electron chi connectivity index (χ4n) is 2.22. The Hall–Kier alpha value is -2.76. The van der Waals surface area contributed by atoms with Gasteiger partial charge in [-0.25, -0.2) is 9.59 Å². The number of carbonyl (C=O) groups is 2. The summed E-state index contributed by atoms with van der Waals surface area (Å²) in [7, 11) is 3.06. The second-order valence-electron chi connectivity index (χ2n) is 5.45. The predicted octanol–water partition coefficient (Wildman–Crippen LogP) is 3.58. The van der Waals surface area contributed by atoms with Gasteiger partial charge in [0.15, 0.2) is 0 Å². The van der Waals surface area contributed by atoms with Crippen LogP contribution in [0.1, 0.15) is 25.3 Å². The summed E-state index contributed by atoms with van der Waals surface area (Å²) >= 11 is 0. The minimum Gasteiger partial charge on any atom is -0.466 e. The number of methoxy groups -OCH3 is 1. The van der Waals surface area contributed by atoms with Gasteiger partial charge in [-0.1, -0.05) is 13.3 Å². The van der Waals surface area contributed by atoms with Gasteiger partial charge < -0.3 is 19.4 Å². The van der Waals surface area contributed by atoms with Crippen LogP contribution in [0.2, 0.25) is 0 Å². The summed E-state index contributed by atoms with van der Waals surface area (Å²) < 4.78 is 9.96. The van der Waals surface area contributed by atoms with Gasteiger partial charge >= 0.3 is 12.1 Å². The average molecular weight is 330 g/mol. The minimum absolute atomic E-state index is 0.375. The second-order valence-corrected chi connectivity index (χ2v) is 5.45. The van der Waals surface area contributed by atoms with Crippen LogP contribution in [-0.2, 0) is 9.53 Å². The van der Waals surface area contributed by atoms with Crippen molar-refractivity contribution >= 4 is 29.0 Å². The van der Waals surface area contributed by atoms with Gasteiger partial charge in [-0.2, -0.15) is 0 Å². The van der Waals surface area contributed by atoms with Crippen LogP contribution < -0.4 is 4.74 Å². The molecule has 6 nitrogen and oxygen atoms in total. The van der Waals surface area contributed by atoms with E-state index in [1.54, 1.807) is 36.4 Å². The van der Waals surface area contributed by atoms with Crippen molar-refractivity contribution in [3.63, 3.8) is 0 Å². The number of aromatic nitrogens is 1. The molecule has 0 spiro atoms. The third-order valence-electron chi connectivity index (χ3n) is 3.65. The number of H-pyrrole nitrogens is 1.